The van der Waals surface area contributed by atoms with Crippen molar-refractivity contribution >= 4 is 11.8 Å². The van der Waals surface area contributed by atoms with Crippen molar-refractivity contribution in [3.8, 4) is 0 Å². The second-order valence-corrected chi connectivity index (χ2v) is 4.34. The summed E-state index contributed by atoms with van der Waals surface area (Å²) in [6.45, 7) is 5.89. The molecule has 0 aliphatic carbocycles. The third-order valence-electron chi connectivity index (χ3n) is 2.05. The summed E-state index contributed by atoms with van der Waals surface area (Å²) in [5.74, 6) is 0.157. The maximum atomic E-state index is 11.3. The van der Waals surface area contributed by atoms with Gasteiger partial charge in [-0.1, -0.05) is 13.8 Å². The van der Waals surface area contributed by atoms with Gasteiger partial charge in [0.15, 0.2) is 0 Å². The summed E-state index contributed by atoms with van der Waals surface area (Å²) in [5.41, 5.74) is 0. The van der Waals surface area contributed by atoms with Gasteiger partial charge in [0.25, 0.3) is 0 Å². The maximum absolute atomic E-state index is 11.3. The zero-order valence-electron chi connectivity index (χ0n) is 11.5. The predicted octanol–water partition coefficient (Wildman–Crippen LogP) is -0.0721. The lowest BCUT2D eigenvalue weighted by Gasteiger charge is -2.08. The van der Waals surface area contributed by atoms with E-state index in [0.717, 1.165) is 0 Å². The van der Waals surface area contributed by atoms with Gasteiger partial charge in [-0.25, -0.2) is 0 Å². The van der Waals surface area contributed by atoms with Gasteiger partial charge in [-0.15, -0.1) is 0 Å². The second kappa shape index (κ2) is 11.0. The van der Waals surface area contributed by atoms with E-state index >= 15 is 0 Å². The molecule has 0 unspecified atom stereocenters. The highest BCUT2D eigenvalue weighted by Crippen LogP contribution is 1.88. The van der Waals surface area contributed by atoms with Crippen LogP contribution >= 0.6 is 0 Å². The van der Waals surface area contributed by atoms with Gasteiger partial charge in [-0.3, -0.25) is 9.59 Å². The highest BCUT2D eigenvalue weighted by atomic mass is 16.5. The number of ether oxygens (including phenoxy) is 2. The molecule has 0 bridgehead atoms. The molecule has 0 saturated carbocycles. The quantitative estimate of drug-likeness (QED) is 0.539. The van der Waals surface area contributed by atoms with Gasteiger partial charge in [-0.05, 0) is 5.92 Å². The van der Waals surface area contributed by atoms with Gasteiger partial charge in [-0.2, -0.15) is 0 Å². The van der Waals surface area contributed by atoms with Gasteiger partial charge in [0.2, 0.25) is 11.8 Å². The van der Waals surface area contributed by atoms with Crippen molar-refractivity contribution in [3.05, 3.63) is 0 Å². The molecule has 0 saturated heterocycles. The Hall–Kier alpha value is -1.14. The Balaban J connectivity index is 3.41. The average Bonchev–Trinajstić information content (AvgIpc) is 2.32. The molecule has 2 N–H and O–H groups in total. The number of carbonyl (C=O) groups excluding carboxylic acids is 2. The SMILES string of the molecule is COCCOCC(=O)NCCC(=O)NCC(C)C. The minimum absolute atomic E-state index is 0.00300. The smallest absolute Gasteiger partial charge is 0.246 e. The van der Waals surface area contributed by atoms with Gasteiger partial charge < -0.3 is 20.1 Å². The van der Waals surface area contributed by atoms with Crippen LogP contribution in [-0.4, -0.2) is 51.8 Å². The standard InChI is InChI=1S/C12H24N2O4/c1-10(2)8-14-11(15)4-5-13-12(16)9-18-7-6-17-3/h10H,4-9H2,1-3H3,(H,13,16)(H,14,15). The third kappa shape index (κ3) is 11.3. The number of hydrogen-bond acceptors (Lipinski definition) is 4. The zero-order valence-corrected chi connectivity index (χ0v) is 11.5. The Morgan fingerprint density at radius 1 is 1.11 bits per heavy atom. The topological polar surface area (TPSA) is 76.7 Å². The number of amides is 2. The average molecular weight is 260 g/mol. The summed E-state index contributed by atoms with van der Waals surface area (Å²) in [6.07, 6.45) is 0.288. The monoisotopic (exact) mass is 260 g/mol. The first-order valence-electron chi connectivity index (χ1n) is 6.16. The van der Waals surface area contributed by atoms with E-state index in [1.807, 2.05) is 13.8 Å². The van der Waals surface area contributed by atoms with Crippen LogP contribution in [-0.2, 0) is 19.1 Å². The van der Waals surface area contributed by atoms with Gasteiger partial charge in [0, 0.05) is 26.6 Å². The van der Waals surface area contributed by atoms with E-state index in [0.29, 0.717) is 32.2 Å². The number of hydrogen-bond donors (Lipinski definition) is 2. The van der Waals surface area contributed by atoms with E-state index in [4.69, 9.17) is 9.47 Å². The molecular formula is C12H24N2O4. The number of methoxy groups -OCH3 is 1. The summed E-state index contributed by atoms with van der Waals surface area (Å²) in [5, 5.41) is 5.39. The summed E-state index contributed by atoms with van der Waals surface area (Å²) in [6, 6.07) is 0. The van der Waals surface area contributed by atoms with E-state index in [1.54, 1.807) is 7.11 Å². The molecule has 6 nitrogen and oxygen atoms in total. The summed E-state index contributed by atoms with van der Waals surface area (Å²) in [7, 11) is 1.57. The minimum atomic E-state index is -0.220. The van der Waals surface area contributed by atoms with Gasteiger partial charge >= 0.3 is 0 Å². The molecule has 0 aromatic heterocycles. The van der Waals surface area contributed by atoms with Crippen LogP contribution in [0.25, 0.3) is 0 Å². The van der Waals surface area contributed by atoms with E-state index in [-0.39, 0.29) is 24.8 Å². The Kier molecular flexibility index (Phi) is 10.3. The Morgan fingerprint density at radius 3 is 2.44 bits per heavy atom. The molecule has 6 heteroatoms. The summed E-state index contributed by atoms with van der Waals surface area (Å²) >= 11 is 0. The fraction of sp³-hybridized carbons (Fsp3) is 0.833. The molecule has 0 atom stereocenters. The molecule has 0 aromatic carbocycles. The lowest BCUT2D eigenvalue weighted by molar-refractivity contribution is -0.126. The van der Waals surface area contributed by atoms with E-state index in [9.17, 15) is 9.59 Å². The van der Waals surface area contributed by atoms with Crippen LogP contribution in [0.2, 0.25) is 0 Å². The normalized spacial score (nSPS) is 10.4. The van der Waals surface area contributed by atoms with Gasteiger partial charge in [0.05, 0.1) is 13.2 Å². The molecule has 0 aliphatic rings. The summed E-state index contributed by atoms with van der Waals surface area (Å²) in [4.78, 5) is 22.6. The third-order valence-corrected chi connectivity index (χ3v) is 2.05. The van der Waals surface area contributed by atoms with Crippen molar-refractivity contribution in [1.82, 2.24) is 10.6 Å². The van der Waals surface area contributed by atoms with E-state index in [2.05, 4.69) is 10.6 Å². The predicted molar refractivity (Wildman–Crippen MR) is 68.2 cm³/mol. The van der Waals surface area contributed by atoms with Crippen molar-refractivity contribution in [2.75, 3.05) is 40.0 Å². The first-order valence-corrected chi connectivity index (χ1v) is 6.16. The number of nitrogens with one attached hydrogen (secondary N) is 2. The molecule has 0 spiro atoms. The highest BCUT2D eigenvalue weighted by molar-refractivity contribution is 5.79. The Bertz CT molecular complexity index is 244. The molecule has 2 amide bonds. The zero-order chi connectivity index (χ0) is 13.8. The van der Waals surface area contributed by atoms with Crippen LogP contribution in [0, 0.1) is 5.92 Å². The molecule has 0 rings (SSSR count). The van der Waals surface area contributed by atoms with Crippen molar-refractivity contribution in [3.63, 3.8) is 0 Å². The first kappa shape index (κ1) is 16.9. The second-order valence-electron chi connectivity index (χ2n) is 4.34. The molecule has 0 fully saturated rings. The van der Waals surface area contributed by atoms with E-state index in [1.165, 1.54) is 0 Å². The minimum Gasteiger partial charge on any atom is -0.382 e. The van der Waals surface area contributed by atoms with Crippen molar-refractivity contribution in [1.29, 1.82) is 0 Å². The largest absolute Gasteiger partial charge is 0.382 e. The fourth-order valence-corrected chi connectivity index (χ4v) is 1.08. The summed E-state index contributed by atoms with van der Waals surface area (Å²) < 4.78 is 9.81. The lowest BCUT2D eigenvalue weighted by atomic mass is 10.2. The molecule has 0 radical (unpaired) electrons. The van der Waals surface area contributed by atoms with Crippen molar-refractivity contribution in [2.45, 2.75) is 20.3 Å². The van der Waals surface area contributed by atoms with Crippen LogP contribution in [0.4, 0.5) is 0 Å². The Morgan fingerprint density at radius 2 is 1.83 bits per heavy atom. The molecule has 18 heavy (non-hydrogen) atoms. The van der Waals surface area contributed by atoms with Crippen molar-refractivity contribution in [2.24, 2.45) is 5.92 Å². The Labute approximate surface area is 108 Å². The highest BCUT2D eigenvalue weighted by Gasteiger charge is 2.04. The molecule has 0 heterocycles. The van der Waals surface area contributed by atoms with Crippen LogP contribution in [0.5, 0.6) is 0 Å². The lowest BCUT2D eigenvalue weighted by Crippen LogP contribution is -2.34. The first-order chi connectivity index (χ1) is 8.56. The van der Waals surface area contributed by atoms with Crippen LogP contribution in [0.3, 0.4) is 0 Å². The van der Waals surface area contributed by atoms with Crippen LogP contribution < -0.4 is 10.6 Å². The van der Waals surface area contributed by atoms with Crippen LogP contribution in [0.1, 0.15) is 20.3 Å². The van der Waals surface area contributed by atoms with Crippen molar-refractivity contribution < 1.29 is 19.1 Å². The van der Waals surface area contributed by atoms with Crippen LogP contribution in [0.15, 0.2) is 0 Å². The number of rotatable bonds is 10. The van der Waals surface area contributed by atoms with Gasteiger partial charge in [0.1, 0.15) is 6.61 Å². The molecule has 106 valence electrons. The molecule has 0 aromatic rings. The fourth-order valence-electron chi connectivity index (χ4n) is 1.08. The molecule has 0 aliphatic heterocycles. The molecular weight excluding hydrogens is 236 g/mol. The maximum Gasteiger partial charge on any atom is 0.246 e. The van der Waals surface area contributed by atoms with E-state index < -0.39 is 0 Å². The number of carbonyl (C=O) groups is 2.